The predicted octanol–water partition coefficient (Wildman–Crippen LogP) is 12.0. The fraction of sp³-hybridized carbons (Fsp3) is 1.00. The van der Waals surface area contributed by atoms with Gasteiger partial charge in [-0.05, 0) is 96.8 Å². The maximum atomic E-state index is 3.22. The molecule has 6 aliphatic heterocycles. The molecule has 6 saturated heterocycles. The molecular formula is C22H54N4P6Si2. The van der Waals surface area contributed by atoms with Gasteiger partial charge in [-0.3, -0.25) is 0 Å². The minimum Gasteiger partial charge on any atom is -0.222 e. The number of rotatable bonds is 2. The highest BCUT2D eigenvalue weighted by molar-refractivity contribution is 8.83. The van der Waals surface area contributed by atoms with Crippen LogP contribution in [0.3, 0.4) is 0 Å². The van der Waals surface area contributed by atoms with Crippen molar-refractivity contribution in [2.45, 2.75) is 145 Å². The molecule has 0 radical (unpaired) electrons. The Morgan fingerprint density at radius 3 is 0.588 bits per heavy atom. The van der Waals surface area contributed by atoms with Crippen molar-refractivity contribution in [3.05, 3.63) is 0 Å². The monoisotopic (exact) mass is 616 g/mol. The molecule has 6 rings (SSSR count). The molecule has 0 saturated carbocycles. The second kappa shape index (κ2) is 9.19. The van der Waals surface area contributed by atoms with Crippen molar-refractivity contribution in [1.82, 2.24) is 17.8 Å². The van der Waals surface area contributed by atoms with E-state index in [1.165, 1.54) is 0 Å². The van der Waals surface area contributed by atoms with Gasteiger partial charge in [0.1, 0.15) is 0 Å². The number of hydrogen-bond acceptors (Lipinski definition) is 4. The molecule has 6 aliphatic rings. The summed E-state index contributed by atoms with van der Waals surface area (Å²) >= 11 is 0. The summed E-state index contributed by atoms with van der Waals surface area (Å²) in [6.45, 7) is 46.7. The van der Waals surface area contributed by atoms with Crippen molar-refractivity contribution in [2.75, 3.05) is 0 Å². The predicted molar refractivity (Wildman–Crippen MR) is 175 cm³/mol. The van der Waals surface area contributed by atoms with Crippen LogP contribution in [0.25, 0.3) is 0 Å². The molecule has 12 heteroatoms. The van der Waals surface area contributed by atoms with E-state index < -0.39 is 15.5 Å². The zero-order valence-electron chi connectivity index (χ0n) is 25.5. The smallest absolute Gasteiger partial charge is 0.0888 e. The number of nitrogens with zero attached hydrogens (tertiary/aromatic N) is 4. The first kappa shape index (κ1) is 31.4. The Hall–Kier alpha value is 2.85. The summed E-state index contributed by atoms with van der Waals surface area (Å²) < 4.78 is 12.9. The van der Waals surface area contributed by atoms with E-state index in [-0.39, 0.29) is 67.5 Å². The summed E-state index contributed by atoms with van der Waals surface area (Å²) in [5.41, 5.74) is 1.09. The molecule has 0 N–H and O–H groups in total. The molecule has 0 aromatic rings. The first-order valence-electron chi connectivity index (χ1n) is 12.7. The average Bonchev–Trinajstić information content (AvgIpc) is 2.32. The fourth-order valence-corrected chi connectivity index (χ4v) is 91.5. The quantitative estimate of drug-likeness (QED) is 0.226. The van der Waals surface area contributed by atoms with Gasteiger partial charge in [0.15, 0.2) is 0 Å². The van der Waals surface area contributed by atoms with Gasteiger partial charge in [-0.2, -0.15) is 0 Å². The lowest BCUT2D eigenvalue weighted by molar-refractivity contribution is 0.291. The Morgan fingerprint density at radius 2 is 0.500 bits per heavy atom. The molecule has 34 heavy (non-hydrogen) atoms. The van der Waals surface area contributed by atoms with E-state index in [4.69, 9.17) is 0 Å². The molecule has 6 fully saturated rings. The van der Waals surface area contributed by atoms with Gasteiger partial charge < -0.3 is 0 Å². The Bertz CT molecular complexity index is 656. The van der Waals surface area contributed by atoms with Crippen molar-refractivity contribution in [3.8, 4) is 0 Å². The molecule has 0 aliphatic carbocycles. The van der Waals surface area contributed by atoms with Crippen LogP contribution in [0.1, 0.15) is 83.1 Å². The lowest BCUT2D eigenvalue weighted by Crippen LogP contribution is -2.59. The SMILES string of the molecule is CC(C)(C)N1P2N(C(C)(C)C)P1P([Si](C)(C)C)P1N(C(C)(C)C)P(N1C(C)(C)C)P2[Si](C)(C)C. The largest absolute Gasteiger partial charge is 0.222 e. The summed E-state index contributed by atoms with van der Waals surface area (Å²) in [6, 6.07) is 0. The Kier molecular flexibility index (Phi) is 8.48. The third-order valence-corrected chi connectivity index (χ3v) is 73.7. The standard InChI is InChI=1S/C22H54N4P6Si2/c1-19(2,3)23-27-24(20(4,5)6)28(23)32(34(16,17)18)30-25(21(7,8)9)29(26(30)22(10,11)12)31(27)33(13,14)15/h1-18H3. The molecule has 4 bridgehead atoms. The van der Waals surface area contributed by atoms with Crippen LogP contribution in [0.5, 0.6) is 0 Å². The molecule has 0 unspecified atom stereocenters. The first-order valence-corrected chi connectivity index (χ1v) is 31.9. The van der Waals surface area contributed by atoms with E-state index >= 15 is 0 Å². The van der Waals surface area contributed by atoms with E-state index in [2.05, 4.69) is 140 Å². The Labute approximate surface area is 222 Å². The highest BCUT2D eigenvalue weighted by atomic mass is 32.6. The third kappa shape index (κ3) is 5.30. The summed E-state index contributed by atoms with van der Waals surface area (Å²) in [5, 5.41) is 0. The fourth-order valence-electron chi connectivity index (χ4n) is 4.55. The van der Waals surface area contributed by atoms with Crippen LogP contribution < -0.4 is 0 Å². The lowest BCUT2D eigenvalue weighted by atomic mass is 10.1. The Morgan fingerprint density at radius 1 is 0.353 bits per heavy atom. The van der Waals surface area contributed by atoms with Gasteiger partial charge in [0.2, 0.25) is 0 Å². The maximum absolute atomic E-state index is 3.22. The molecule has 200 valence electrons. The van der Waals surface area contributed by atoms with Gasteiger partial charge in [-0.15, -0.1) is 0 Å². The van der Waals surface area contributed by atoms with Crippen LogP contribution in [-0.2, 0) is 0 Å². The van der Waals surface area contributed by atoms with Crippen LogP contribution in [0.15, 0.2) is 0 Å². The van der Waals surface area contributed by atoms with Crippen LogP contribution >= 0.6 is 45.3 Å². The van der Waals surface area contributed by atoms with Crippen molar-refractivity contribution in [3.63, 3.8) is 0 Å². The summed E-state index contributed by atoms with van der Waals surface area (Å²) in [4.78, 5) is 0. The van der Waals surface area contributed by atoms with Gasteiger partial charge >= 0.3 is 0 Å². The molecule has 0 amide bonds. The average molecular weight is 617 g/mol. The number of hydrogen-bond donors (Lipinski definition) is 0. The van der Waals surface area contributed by atoms with E-state index in [0.717, 1.165) is 0 Å². The van der Waals surface area contributed by atoms with E-state index in [9.17, 15) is 0 Å². The van der Waals surface area contributed by atoms with Gasteiger partial charge in [-0.1, -0.05) is 39.3 Å². The summed E-state index contributed by atoms with van der Waals surface area (Å²) in [6.07, 6.45) is 0. The highest BCUT2D eigenvalue weighted by Crippen LogP contribution is 3.20. The molecule has 4 nitrogen and oxygen atoms in total. The minimum absolute atomic E-state index is 0.0858. The molecule has 0 aromatic heterocycles. The zero-order valence-corrected chi connectivity index (χ0v) is 32.8. The normalized spacial score (nSPS) is 35.5. The third-order valence-electron chi connectivity index (χ3n) is 5.63. The van der Waals surface area contributed by atoms with Crippen molar-refractivity contribution < 1.29 is 0 Å². The molecule has 6 heterocycles. The van der Waals surface area contributed by atoms with Gasteiger partial charge in [0.25, 0.3) is 0 Å². The summed E-state index contributed by atoms with van der Waals surface area (Å²) in [5.74, 6) is 0. The second-order valence-corrected chi connectivity index (χ2v) is 58.5. The van der Waals surface area contributed by atoms with Crippen LogP contribution in [0, 0.1) is 0 Å². The zero-order chi connectivity index (χ0) is 26.8. The highest BCUT2D eigenvalue weighted by Gasteiger charge is 2.75. The Balaban J connectivity index is 2.40. The first-order chi connectivity index (χ1) is 14.7. The van der Waals surface area contributed by atoms with Gasteiger partial charge in [-0.25, -0.2) is 17.8 Å². The van der Waals surface area contributed by atoms with Crippen LogP contribution in [0.2, 0.25) is 39.3 Å². The van der Waals surface area contributed by atoms with E-state index in [1.54, 1.807) is 0 Å². The minimum atomic E-state index is -1.42. The van der Waals surface area contributed by atoms with Gasteiger partial charge in [0.05, 0.1) is 47.1 Å². The van der Waals surface area contributed by atoms with Crippen LogP contribution in [0.4, 0.5) is 0 Å². The molecule has 0 atom stereocenters. The van der Waals surface area contributed by atoms with E-state index in [1.807, 2.05) is 0 Å². The topological polar surface area (TPSA) is 13.0 Å². The van der Waals surface area contributed by atoms with E-state index in [0.29, 0.717) is 0 Å². The van der Waals surface area contributed by atoms with Crippen molar-refractivity contribution in [1.29, 1.82) is 0 Å². The lowest BCUT2D eigenvalue weighted by Gasteiger charge is -2.80. The summed E-state index contributed by atoms with van der Waals surface area (Å²) in [7, 11) is -3.84. The molecular weight excluding hydrogens is 562 g/mol. The molecule has 0 spiro atoms. The van der Waals surface area contributed by atoms with Crippen molar-refractivity contribution >= 4 is 60.8 Å². The van der Waals surface area contributed by atoms with Crippen LogP contribution in [-0.4, -0.2) is 55.4 Å². The maximum Gasteiger partial charge on any atom is 0.0888 e. The van der Waals surface area contributed by atoms with Gasteiger partial charge in [0, 0.05) is 22.2 Å². The van der Waals surface area contributed by atoms with Crippen molar-refractivity contribution in [2.24, 2.45) is 0 Å². The second-order valence-electron chi connectivity index (χ2n) is 15.8. The molecule has 0 aromatic carbocycles.